The third-order valence-electron chi connectivity index (χ3n) is 6.58. The molecule has 0 aliphatic carbocycles. The number of rotatable bonds is 5. The van der Waals surface area contributed by atoms with Gasteiger partial charge in [0.25, 0.3) is 5.60 Å². The lowest BCUT2D eigenvalue weighted by molar-refractivity contribution is -0.275. The Morgan fingerprint density at radius 3 is 2.18 bits per heavy atom. The third kappa shape index (κ3) is 5.16. The molecule has 1 aliphatic rings. The Bertz CT molecular complexity index is 1540. The number of hydrogen-bond acceptors (Lipinski definition) is 4. The van der Waals surface area contributed by atoms with Gasteiger partial charge in [-0.3, -0.25) is 0 Å². The summed E-state index contributed by atoms with van der Waals surface area (Å²) >= 11 is 11.5. The van der Waals surface area contributed by atoms with Crippen molar-refractivity contribution < 1.29 is 26.6 Å². The van der Waals surface area contributed by atoms with Gasteiger partial charge in [0.15, 0.2) is 5.82 Å². The fourth-order valence-corrected chi connectivity index (χ4v) is 6.89. The maximum Gasteiger partial charge on any atom is 0.435 e. The maximum absolute atomic E-state index is 14.3. The molecule has 3 aromatic carbocycles. The number of nitrogens with zero attached hydrogens (tertiary/aromatic N) is 2. The lowest BCUT2D eigenvalue weighted by Crippen LogP contribution is -2.42. The lowest BCUT2D eigenvalue weighted by Gasteiger charge is -2.29. The highest BCUT2D eigenvalue weighted by Crippen LogP contribution is 2.50. The van der Waals surface area contributed by atoms with Crippen molar-refractivity contribution >= 4 is 38.6 Å². The minimum absolute atomic E-state index is 0.0558. The molecular formula is C27H24Cl2F4N2O2S. The molecule has 0 bridgehead atoms. The standard InChI is InChI=1S/C27H24Cl2F4N2O2S/c1-15-6-5-7-16(2)25(15)38(4,36)34-14-19-9-8-18(10-17(19)3)23-13-26(37-35-23,27(31,32)33)20-11-21(28)24(30)22(29)12-20/h5-12H,13-14H2,1-4H3. The quantitative estimate of drug-likeness (QED) is 0.223. The summed E-state index contributed by atoms with van der Waals surface area (Å²) in [6, 6.07) is 12.4. The van der Waals surface area contributed by atoms with E-state index in [-0.39, 0.29) is 12.3 Å². The highest BCUT2D eigenvalue weighted by Gasteiger charge is 2.62. The Kier molecular flexibility index (Phi) is 7.60. The molecular weight excluding hydrogens is 563 g/mol. The molecule has 1 aliphatic heterocycles. The SMILES string of the molecule is Cc1cc(C2=NOC(c3cc(Cl)c(F)c(Cl)c3)(C(F)(F)F)C2)ccc1CN=S(C)(=O)c1c(C)cccc1C. The molecule has 4 rings (SSSR count). The highest BCUT2D eigenvalue weighted by molar-refractivity contribution is 7.93. The largest absolute Gasteiger partial charge is 0.435 e. The van der Waals surface area contributed by atoms with Gasteiger partial charge in [-0.2, -0.15) is 13.2 Å². The zero-order valence-corrected chi connectivity index (χ0v) is 23.2. The summed E-state index contributed by atoms with van der Waals surface area (Å²) in [7, 11) is -2.68. The van der Waals surface area contributed by atoms with E-state index in [2.05, 4.69) is 9.52 Å². The van der Waals surface area contributed by atoms with Gasteiger partial charge < -0.3 is 4.84 Å². The van der Waals surface area contributed by atoms with Gasteiger partial charge in [-0.25, -0.2) is 13.0 Å². The van der Waals surface area contributed by atoms with Crippen molar-refractivity contribution in [2.75, 3.05) is 6.26 Å². The molecule has 0 spiro atoms. The number of aryl methyl sites for hydroxylation is 3. The second-order valence-electron chi connectivity index (χ2n) is 9.34. The van der Waals surface area contributed by atoms with Crippen LogP contribution >= 0.6 is 23.2 Å². The zero-order valence-electron chi connectivity index (χ0n) is 20.9. The van der Waals surface area contributed by atoms with E-state index in [1.807, 2.05) is 32.0 Å². The molecule has 0 N–H and O–H groups in total. The highest BCUT2D eigenvalue weighted by atomic mass is 35.5. The summed E-state index contributed by atoms with van der Waals surface area (Å²) in [5.74, 6) is -1.02. The minimum Gasteiger partial charge on any atom is -0.374 e. The first-order chi connectivity index (χ1) is 17.7. The Labute approximate surface area is 228 Å². The van der Waals surface area contributed by atoms with Crippen molar-refractivity contribution in [1.82, 2.24) is 0 Å². The van der Waals surface area contributed by atoms with Gasteiger partial charge in [0.1, 0.15) is 0 Å². The van der Waals surface area contributed by atoms with Gasteiger partial charge in [0, 0.05) is 18.2 Å². The summed E-state index contributed by atoms with van der Waals surface area (Å²) in [5, 5.41) is 2.65. The number of alkyl halides is 3. The average molecular weight is 587 g/mol. The van der Waals surface area contributed by atoms with Crippen molar-refractivity contribution in [2.45, 2.75) is 50.4 Å². The number of oxime groups is 1. The van der Waals surface area contributed by atoms with Crippen molar-refractivity contribution in [2.24, 2.45) is 9.52 Å². The molecule has 202 valence electrons. The van der Waals surface area contributed by atoms with Gasteiger partial charge in [-0.15, -0.1) is 0 Å². The average Bonchev–Trinajstić information content (AvgIpc) is 3.28. The molecule has 1 heterocycles. The van der Waals surface area contributed by atoms with Crippen LogP contribution in [0.3, 0.4) is 0 Å². The summed E-state index contributed by atoms with van der Waals surface area (Å²) in [6.45, 7) is 5.73. The van der Waals surface area contributed by atoms with E-state index >= 15 is 0 Å². The number of halogens is 6. The Morgan fingerprint density at radius 2 is 1.63 bits per heavy atom. The fourth-order valence-electron chi connectivity index (χ4n) is 4.55. The molecule has 0 fully saturated rings. The van der Waals surface area contributed by atoms with Crippen LogP contribution in [0, 0.1) is 26.6 Å². The second kappa shape index (κ2) is 10.2. The monoisotopic (exact) mass is 586 g/mol. The second-order valence-corrected chi connectivity index (χ2v) is 12.4. The lowest BCUT2D eigenvalue weighted by atomic mass is 9.86. The molecule has 2 atom stereocenters. The van der Waals surface area contributed by atoms with E-state index in [0.717, 1.165) is 34.4 Å². The van der Waals surface area contributed by atoms with Crippen LogP contribution in [0.2, 0.25) is 10.0 Å². The summed E-state index contributed by atoms with van der Waals surface area (Å²) in [6.07, 6.45) is -3.96. The Hall–Kier alpha value is -2.62. The van der Waals surface area contributed by atoms with Crippen molar-refractivity contribution in [1.29, 1.82) is 0 Å². The molecule has 0 aromatic heterocycles. The maximum atomic E-state index is 14.3. The van der Waals surface area contributed by atoms with Gasteiger partial charge in [0.05, 0.1) is 36.9 Å². The molecule has 0 saturated heterocycles. The number of benzene rings is 3. The Morgan fingerprint density at radius 1 is 1.03 bits per heavy atom. The molecule has 4 nitrogen and oxygen atoms in total. The van der Waals surface area contributed by atoms with E-state index in [1.54, 1.807) is 31.4 Å². The van der Waals surface area contributed by atoms with Gasteiger partial charge >= 0.3 is 6.18 Å². The topological polar surface area (TPSA) is 51.0 Å². The molecule has 0 saturated carbocycles. The predicted molar refractivity (Wildman–Crippen MR) is 142 cm³/mol. The van der Waals surface area contributed by atoms with Crippen LogP contribution in [0.4, 0.5) is 17.6 Å². The fraction of sp³-hybridized carbons (Fsp3) is 0.296. The zero-order chi connectivity index (χ0) is 28.0. The third-order valence-corrected chi connectivity index (χ3v) is 9.15. The van der Waals surface area contributed by atoms with Crippen LogP contribution in [0.25, 0.3) is 0 Å². The summed E-state index contributed by atoms with van der Waals surface area (Å²) in [5.41, 5.74) is 0.454. The molecule has 3 aromatic rings. The molecule has 38 heavy (non-hydrogen) atoms. The van der Waals surface area contributed by atoms with E-state index < -0.39 is 49.4 Å². The smallest absolute Gasteiger partial charge is 0.374 e. The molecule has 2 unspecified atom stereocenters. The number of hydrogen-bond donors (Lipinski definition) is 0. The molecule has 0 radical (unpaired) electrons. The van der Waals surface area contributed by atoms with Crippen LogP contribution in [0.1, 0.15) is 39.8 Å². The molecule has 11 heteroatoms. The normalized spacial score (nSPS) is 19.1. The van der Waals surface area contributed by atoms with Crippen LogP contribution < -0.4 is 0 Å². The van der Waals surface area contributed by atoms with E-state index in [1.165, 1.54) is 0 Å². The van der Waals surface area contributed by atoms with Gasteiger partial charge in [-0.1, -0.05) is 58.7 Å². The van der Waals surface area contributed by atoms with Crippen LogP contribution in [-0.4, -0.2) is 22.4 Å². The minimum atomic E-state index is -4.90. The van der Waals surface area contributed by atoms with Gasteiger partial charge in [-0.05, 0) is 66.8 Å². The van der Waals surface area contributed by atoms with Crippen LogP contribution in [0.5, 0.6) is 0 Å². The van der Waals surface area contributed by atoms with E-state index in [4.69, 9.17) is 28.0 Å². The van der Waals surface area contributed by atoms with E-state index in [9.17, 15) is 21.8 Å². The predicted octanol–water partition coefficient (Wildman–Crippen LogP) is 8.30. The Balaban J connectivity index is 1.63. The first kappa shape index (κ1) is 28.4. The molecule has 0 amide bonds. The van der Waals surface area contributed by atoms with Crippen molar-refractivity contribution in [3.63, 3.8) is 0 Å². The van der Waals surface area contributed by atoms with E-state index in [0.29, 0.717) is 10.5 Å². The van der Waals surface area contributed by atoms with Gasteiger partial charge in [0.2, 0.25) is 0 Å². The first-order valence-electron chi connectivity index (χ1n) is 11.5. The van der Waals surface area contributed by atoms with Crippen molar-refractivity contribution in [3.8, 4) is 0 Å². The summed E-state index contributed by atoms with van der Waals surface area (Å²) in [4.78, 5) is 5.71. The first-order valence-corrected chi connectivity index (χ1v) is 14.1. The summed E-state index contributed by atoms with van der Waals surface area (Å²) < 4.78 is 74.6. The van der Waals surface area contributed by atoms with Crippen LogP contribution in [-0.2, 0) is 26.7 Å². The van der Waals surface area contributed by atoms with Crippen molar-refractivity contribution in [3.05, 3.63) is 97.8 Å². The van der Waals surface area contributed by atoms with Crippen LogP contribution in [0.15, 0.2) is 62.9 Å².